The van der Waals surface area contributed by atoms with E-state index in [1.165, 1.54) is 0 Å². The predicted octanol–water partition coefficient (Wildman–Crippen LogP) is 1.13. The van der Waals surface area contributed by atoms with Crippen molar-refractivity contribution >= 4 is 11.7 Å². The van der Waals surface area contributed by atoms with Gasteiger partial charge in [-0.25, -0.2) is 4.98 Å². The lowest BCUT2D eigenvalue weighted by molar-refractivity contribution is 0.100. The lowest BCUT2D eigenvalue weighted by Crippen LogP contribution is -2.15. The van der Waals surface area contributed by atoms with E-state index in [9.17, 15) is 4.79 Å². The molecule has 5 heteroatoms. The number of aromatic nitrogens is 2. The summed E-state index contributed by atoms with van der Waals surface area (Å²) in [6.07, 6.45) is 3.35. The summed E-state index contributed by atoms with van der Waals surface area (Å²) < 4.78 is 0. The van der Waals surface area contributed by atoms with E-state index in [4.69, 9.17) is 11.5 Å². The topological polar surface area (TPSA) is 94.9 Å². The van der Waals surface area contributed by atoms with Crippen LogP contribution in [0.3, 0.4) is 0 Å². The summed E-state index contributed by atoms with van der Waals surface area (Å²) in [6, 6.07) is 5.34. The van der Waals surface area contributed by atoms with Crippen molar-refractivity contribution in [2.45, 2.75) is 6.92 Å². The minimum atomic E-state index is -0.578. The third-order valence-electron chi connectivity index (χ3n) is 2.50. The van der Waals surface area contributed by atoms with E-state index in [1.54, 1.807) is 18.5 Å². The first-order valence-electron chi connectivity index (χ1n) is 5.07. The van der Waals surface area contributed by atoms with E-state index in [0.717, 1.165) is 16.8 Å². The van der Waals surface area contributed by atoms with Gasteiger partial charge in [0.1, 0.15) is 5.82 Å². The molecule has 1 amide bonds. The molecule has 0 saturated carbocycles. The maximum absolute atomic E-state index is 11.2. The van der Waals surface area contributed by atoms with Crippen LogP contribution in [0.1, 0.15) is 16.1 Å². The van der Waals surface area contributed by atoms with Gasteiger partial charge in [-0.05, 0) is 30.7 Å². The molecule has 0 aromatic carbocycles. The number of nitrogens with zero attached hydrogens (tertiary/aromatic N) is 2. The Morgan fingerprint density at radius 2 is 1.94 bits per heavy atom. The number of carbonyl (C=O) groups is 1. The van der Waals surface area contributed by atoms with E-state index >= 15 is 0 Å². The highest BCUT2D eigenvalue weighted by atomic mass is 16.1. The number of aryl methyl sites for hydroxylation is 1. The number of hydrogen-bond donors (Lipinski definition) is 2. The van der Waals surface area contributed by atoms with Gasteiger partial charge in [-0.3, -0.25) is 9.78 Å². The summed E-state index contributed by atoms with van der Waals surface area (Å²) in [6.45, 7) is 1.83. The molecular formula is C12H12N4O. The van der Waals surface area contributed by atoms with Gasteiger partial charge in [0.15, 0.2) is 0 Å². The van der Waals surface area contributed by atoms with Gasteiger partial charge < -0.3 is 11.5 Å². The Hall–Kier alpha value is -2.43. The van der Waals surface area contributed by atoms with E-state index in [1.807, 2.05) is 19.1 Å². The molecule has 2 heterocycles. The molecular weight excluding hydrogens is 216 g/mol. The van der Waals surface area contributed by atoms with Gasteiger partial charge >= 0.3 is 0 Å². The monoisotopic (exact) mass is 228 g/mol. The Kier molecular flexibility index (Phi) is 2.74. The quantitative estimate of drug-likeness (QED) is 0.805. The largest absolute Gasteiger partial charge is 0.383 e. The van der Waals surface area contributed by atoms with Crippen LogP contribution in [0.2, 0.25) is 0 Å². The van der Waals surface area contributed by atoms with Gasteiger partial charge in [0.25, 0.3) is 5.91 Å². The predicted molar refractivity (Wildman–Crippen MR) is 65.1 cm³/mol. The molecule has 0 aliphatic heterocycles. The van der Waals surface area contributed by atoms with Gasteiger partial charge in [0.05, 0.1) is 5.56 Å². The third kappa shape index (κ3) is 2.08. The first-order valence-corrected chi connectivity index (χ1v) is 5.07. The summed E-state index contributed by atoms with van der Waals surface area (Å²) in [5.41, 5.74) is 13.6. The Labute approximate surface area is 98.5 Å². The zero-order valence-electron chi connectivity index (χ0n) is 9.34. The summed E-state index contributed by atoms with van der Waals surface area (Å²) in [5, 5.41) is 0. The average molecular weight is 228 g/mol. The molecule has 86 valence electrons. The van der Waals surface area contributed by atoms with Crippen molar-refractivity contribution < 1.29 is 4.79 Å². The fraction of sp³-hybridized carbons (Fsp3) is 0.0833. The van der Waals surface area contributed by atoms with Crippen molar-refractivity contribution in [1.29, 1.82) is 0 Å². The first-order chi connectivity index (χ1) is 8.09. The van der Waals surface area contributed by atoms with Crippen LogP contribution in [0.15, 0.2) is 30.6 Å². The molecule has 0 saturated heterocycles. The van der Waals surface area contributed by atoms with E-state index in [2.05, 4.69) is 9.97 Å². The van der Waals surface area contributed by atoms with Crippen LogP contribution in [0.4, 0.5) is 5.82 Å². The van der Waals surface area contributed by atoms with Crippen molar-refractivity contribution in [1.82, 2.24) is 9.97 Å². The highest BCUT2D eigenvalue weighted by molar-refractivity contribution is 5.98. The molecule has 2 aromatic heterocycles. The third-order valence-corrected chi connectivity index (χ3v) is 2.50. The maximum atomic E-state index is 11.2. The second-order valence-corrected chi connectivity index (χ2v) is 3.65. The second-order valence-electron chi connectivity index (χ2n) is 3.65. The van der Waals surface area contributed by atoms with Gasteiger partial charge in [-0.15, -0.1) is 0 Å². The van der Waals surface area contributed by atoms with Crippen molar-refractivity contribution in [3.63, 3.8) is 0 Å². The Balaban J connectivity index is 2.63. The molecule has 5 nitrogen and oxygen atoms in total. The second kappa shape index (κ2) is 4.21. The first kappa shape index (κ1) is 11.1. The van der Waals surface area contributed by atoms with Gasteiger partial charge in [0, 0.05) is 23.7 Å². The van der Waals surface area contributed by atoms with Crippen LogP contribution in [0.25, 0.3) is 11.1 Å². The van der Waals surface area contributed by atoms with Crippen molar-refractivity contribution in [2.24, 2.45) is 5.73 Å². The number of pyridine rings is 2. The Morgan fingerprint density at radius 3 is 2.53 bits per heavy atom. The number of primary amides is 1. The Morgan fingerprint density at radius 1 is 1.29 bits per heavy atom. The van der Waals surface area contributed by atoms with Gasteiger partial charge in [0.2, 0.25) is 0 Å². The molecule has 2 rings (SSSR count). The molecule has 2 aromatic rings. The number of amides is 1. The molecule has 0 bridgehead atoms. The molecule has 0 aliphatic rings. The Bertz CT molecular complexity index is 566. The molecule has 0 atom stereocenters. The molecule has 0 radical (unpaired) electrons. The highest BCUT2D eigenvalue weighted by Gasteiger charge is 2.12. The van der Waals surface area contributed by atoms with Crippen molar-refractivity contribution in [2.75, 3.05) is 5.73 Å². The van der Waals surface area contributed by atoms with Crippen LogP contribution in [-0.4, -0.2) is 15.9 Å². The summed E-state index contributed by atoms with van der Waals surface area (Å²) in [7, 11) is 0. The van der Waals surface area contributed by atoms with Gasteiger partial charge in [-0.2, -0.15) is 0 Å². The fourth-order valence-electron chi connectivity index (χ4n) is 1.64. The van der Waals surface area contributed by atoms with Gasteiger partial charge in [-0.1, -0.05) is 0 Å². The summed E-state index contributed by atoms with van der Waals surface area (Å²) >= 11 is 0. The molecule has 0 fully saturated rings. The molecule has 17 heavy (non-hydrogen) atoms. The molecule has 4 N–H and O–H groups in total. The van der Waals surface area contributed by atoms with Crippen LogP contribution in [0, 0.1) is 6.92 Å². The SMILES string of the molecule is Cc1nc(N)c(C(N)=O)cc1-c1ccncc1. The number of carbonyl (C=O) groups excluding carboxylic acids is 1. The zero-order valence-corrected chi connectivity index (χ0v) is 9.34. The highest BCUT2D eigenvalue weighted by Crippen LogP contribution is 2.24. The van der Waals surface area contributed by atoms with Crippen LogP contribution in [0.5, 0.6) is 0 Å². The minimum absolute atomic E-state index is 0.160. The summed E-state index contributed by atoms with van der Waals surface area (Å²) in [5.74, 6) is -0.418. The zero-order chi connectivity index (χ0) is 12.4. The molecule has 0 spiro atoms. The summed E-state index contributed by atoms with van der Waals surface area (Å²) in [4.78, 5) is 19.3. The molecule has 0 unspecified atom stereocenters. The van der Waals surface area contributed by atoms with E-state index in [-0.39, 0.29) is 11.4 Å². The number of hydrogen-bond acceptors (Lipinski definition) is 4. The lowest BCUT2D eigenvalue weighted by Gasteiger charge is -2.09. The van der Waals surface area contributed by atoms with Crippen LogP contribution < -0.4 is 11.5 Å². The smallest absolute Gasteiger partial charge is 0.252 e. The minimum Gasteiger partial charge on any atom is -0.383 e. The number of anilines is 1. The van der Waals surface area contributed by atoms with Crippen molar-refractivity contribution in [3.05, 3.63) is 41.9 Å². The molecule has 0 aliphatic carbocycles. The van der Waals surface area contributed by atoms with E-state index < -0.39 is 5.91 Å². The normalized spacial score (nSPS) is 10.2. The fourth-order valence-corrected chi connectivity index (χ4v) is 1.64. The van der Waals surface area contributed by atoms with Crippen LogP contribution in [-0.2, 0) is 0 Å². The number of nitrogen functional groups attached to an aromatic ring is 1. The van der Waals surface area contributed by atoms with Crippen LogP contribution >= 0.6 is 0 Å². The van der Waals surface area contributed by atoms with E-state index in [0.29, 0.717) is 0 Å². The number of nitrogens with two attached hydrogens (primary N) is 2. The average Bonchev–Trinajstić information content (AvgIpc) is 2.29. The van der Waals surface area contributed by atoms with Crippen molar-refractivity contribution in [3.8, 4) is 11.1 Å². The standard InChI is InChI=1S/C12H12N4O/c1-7-9(8-2-4-15-5-3-8)6-10(12(14)17)11(13)16-7/h2-6H,1H3,(H2,13,16)(H2,14,17). The maximum Gasteiger partial charge on any atom is 0.252 e. The lowest BCUT2D eigenvalue weighted by atomic mass is 10.0. The number of rotatable bonds is 2.